The van der Waals surface area contributed by atoms with E-state index < -0.39 is 0 Å². The number of halogens is 2. The third kappa shape index (κ3) is 2.72. The molecule has 3 rings (SSSR count). The van der Waals surface area contributed by atoms with Crippen LogP contribution in [-0.2, 0) is 0 Å². The predicted molar refractivity (Wildman–Crippen MR) is 89.1 cm³/mol. The molecule has 0 spiro atoms. The highest BCUT2D eigenvalue weighted by Gasteiger charge is 2.16. The van der Waals surface area contributed by atoms with Crippen molar-refractivity contribution in [3.8, 4) is 22.6 Å². The Morgan fingerprint density at radius 2 is 0.952 bits per heavy atom. The van der Waals surface area contributed by atoms with Crippen LogP contribution in [0.4, 0.5) is 0 Å². The Morgan fingerprint density at radius 1 is 0.619 bits per heavy atom. The molecule has 2 aromatic carbocycles. The van der Waals surface area contributed by atoms with Crippen LogP contribution in [0.3, 0.4) is 0 Å². The Bertz CT molecular complexity index is 702. The maximum absolute atomic E-state index is 6.11. The third-order valence-corrected chi connectivity index (χ3v) is 4.16. The fourth-order valence-electron chi connectivity index (χ4n) is 2.35. The molecule has 1 aromatic heterocycles. The highest BCUT2D eigenvalue weighted by Crippen LogP contribution is 2.36. The molecule has 3 aromatic rings. The molecular formula is C18H14Cl2O. The standard InChI is InChI=1S/C18H14Cl2O/c1-11-12(2)18(14-5-9-16(20)10-6-14)21-17(11)13-3-7-15(19)8-4-13/h3-10H,1-2H3. The zero-order chi connectivity index (χ0) is 15.0. The second kappa shape index (κ2) is 5.59. The van der Waals surface area contributed by atoms with Gasteiger partial charge in [-0.05, 0) is 73.5 Å². The Hall–Kier alpha value is -1.70. The molecule has 0 saturated heterocycles. The zero-order valence-corrected chi connectivity index (χ0v) is 13.3. The van der Waals surface area contributed by atoms with Crippen molar-refractivity contribution in [3.05, 3.63) is 69.7 Å². The van der Waals surface area contributed by atoms with E-state index in [1.54, 1.807) is 0 Å². The van der Waals surface area contributed by atoms with E-state index in [1.165, 1.54) is 0 Å². The highest BCUT2D eigenvalue weighted by molar-refractivity contribution is 6.30. The molecule has 21 heavy (non-hydrogen) atoms. The lowest BCUT2D eigenvalue weighted by Crippen LogP contribution is -1.79. The van der Waals surface area contributed by atoms with Crippen LogP contribution >= 0.6 is 23.2 Å². The monoisotopic (exact) mass is 316 g/mol. The number of rotatable bonds is 2. The molecule has 0 amide bonds. The van der Waals surface area contributed by atoms with Gasteiger partial charge in [-0.2, -0.15) is 0 Å². The molecule has 1 nitrogen and oxygen atoms in total. The van der Waals surface area contributed by atoms with E-state index in [-0.39, 0.29) is 0 Å². The molecule has 0 bridgehead atoms. The summed E-state index contributed by atoms with van der Waals surface area (Å²) < 4.78 is 6.11. The Kier molecular flexibility index (Phi) is 3.79. The van der Waals surface area contributed by atoms with Gasteiger partial charge in [-0.15, -0.1) is 0 Å². The molecule has 0 fully saturated rings. The molecule has 0 atom stereocenters. The van der Waals surface area contributed by atoms with Gasteiger partial charge in [0, 0.05) is 21.2 Å². The zero-order valence-electron chi connectivity index (χ0n) is 11.8. The lowest BCUT2D eigenvalue weighted by molar-refractivity contribution is 0.594. The summed E-state index contributed by atoms with van der Waals surface area (Å²) in [7, 11) is 0. The van der Waals surface area contributed by atoms with Gasteiger partial charge in [0.2, 0.25) is 0 Å². The normalized spacial score (nSPS) is 10.9. The molecule has 0 unspecified atom stereocenters. The minimum atomic E-state index is 0.720. The van der Waals surface area contributed by atoms with Gasteiger partial charge in [-0.3, -0.25) is 0 Å². The maximum atomic E-state index is 6.11. The van der Waals surface area contributed by atoms with Crippen molar-refractivity contribution in [2.24, 2.45) is 0 Å². The first-order valence-corrected chi connectivity index (χ1v) is 7.43. The third-order valence-electron chi connectivity index (χ3n) is 3.66. The number of benzene rings is 2. The molecule has 1 heterocycles. The lowest BCUT2D eigenvalue weighted by atomic mass is 10.0. The van der Waals surface area contributed by atoms with Crippen molar-refractivity contribution in [3.63, 3.8) is 0 Å². The average Bonchev–Trinajstić information content (AvgIpc) is 2.78. The minimum Gasteiger partial charge on any atom is -0.456 e. The van der Waals surface area contributed by atoms with E-state index in [2.05, 4.69) is 13.8 Å². The summed E-state index contributed by atoms with van der Waals surface area (Å²) in [6, 6.07) is 15.4. The summed E-state index contributed by atoms with van der Waals surface area (Å²) in [6.07, 6.45) is 0. The average molecular weight is 317 g/mol. The fraction of sp³-hybridized carbons (Fsp3) is 0.111. The summed E-state index contributed by atoms with van der Waals surface area (Å²) in [4.78, 5) is 0. The van der Waals surface area contributed by atoms with E-state index in [0.717, 1.165) is 43.8 Å². The molecule has 0 aliphatic carbocycles. The van der Waals surface area contributed by atoms with Gasteiger partial charge in [0.15, 0.2) is 0 Å². The van der Waals surface area contributed by atoms with Gasteiger partial charge in [-0.1, -0.05) is 23.2 Å². The summed E-state index contributed by atoms with van der Waals surface area (Å²) in [6.45, 7) is 4.14. The van der Waals surface area contributed by atoms with Crippen LogP contribution in [0.2, 0.25) is 10.0 Å². The molecule has 106 valence electrons. The topological polar surface area (TPSA) is 13.1 Å². The Labute approximate surface area is 134 Å². The number of furan rings is 1. The molecular weight excluding hydrogens is 303 g/mol. The number of hydrogen-bond donors (Lipinski definition) is 0. The molecule has 0 aliphatic rings. The van der Waals surface area contributed by atoms with Crippen molar-refractivity contribution in [1.29, 1.82) is 0 Å². The Morgan fingerprint density at radius 3 is 1.29 bits per heavy atom. The van der Waals surface area contributed by atoms with Crippen molar-refractivity contribution >= 4 is 23.2 Å². The summed E-state index contributed by atoms with van der Waals surface area (Å²) in [5.41, 5.74) is 4.34. The predicted octanol–water partition coefficient (Wildman–Crippen LogP) is 6.54. The van der Waals surface area contributed by atoms with Crippen molar-refractivity contribution < 1.29 is 4.42 Å². The lowest BCUT2D eigenvalue weighted by Gasteiger charge is -2.00. The first-order valence-electron chi connectivity index (χ1n) is 6.68. The first kappa shape index (κ1) is 14.2. The first-order chi connectivity index (χ1) is 10.1. The number of hydrogen-bond acceptors (Lipinski definition) is 1. The fourth-order valence-corrected chi connectivity index (χ4v) is 2.60. The maximum Gasteiger partial charge on any atom is 0.137 e. The molecule has 0 N–H and O–H groups in total. The highest BCUT2D eigenvalue weighted by atomic mass is 35.5. The van der Waals surface area contributed by atoms with E-state index in [1.807, 2.05) is 48.5 Å². The Balaban J connectivity index is 2.11. The minimum absolute atomic E-state index is 0.720. The molecule has 0 aliphatic heterocycles. The van der Waals surface area contributed by atoms with Gasteiger partial charge in [0.25, 0.3) is 0 Å². The second-order valence-corrected chi connectivity index (χ2v) is 5.90. The second-order valence-electron chi connectivity index (χ2n) is 5.02. The van der Waals surface area contributed by atoms with Crippen molar-refractivity contribution in [1.82, 2.24) is 0 Å². The van der Waals surface area contributed by atoms with Gasteiger partial charge >= 0.3 is 0 Å². The van der Waals surface area contributed by atoms with Gasteiger partial charge in [-0.25, -0.2) is 0 Å². The van der Waals surface area contributed by atoms with Crippen LogP contribution in [-0.4, -0.2) is 0 Å². The van der Waals surface area contributed by atoms with E-state index in [0.29, 0.717) is 0 Å². The van der Waals surface area contributed by atoms with Gasteiger partial charge in [0.05, 0.1) is 0 Å². The van der Waals surface area contributed by atoms with Gasteiger partial charge < -0.3 is 4.42 Å². The van der Waals surface area contributed by atoms with E-state index >= 15 is 0 Å². The summed E-state index contributed by atoms with van der Waals surface area (Å²) in [5, 5.41) is 1.44. The van der Waals surface area contributed by atoms with Crippen LogP contribution in [0.5, 0.6) is 0 Å². The summed E-state index contributed by atoms with van der Waals surface area (Å²) >= 11 is 11.9. The van der Waals surface area contributed by atoms with Crippen LogP contribution < -0.4 is 0 Å². The molecule has 3 heteroatoms. The van der Waals surface area contributed by atoms with Crippen LogP contribution in [0.15, 0.2) is 52.9 Å². The van der Waals surface area contributed by atoms with Gasteiger partial charge in [0.1, 0.15) is 11.5 Å². The van der Waals surface area contributed by atoms with Crippen LogP contribution in [0.25, 0.3) is 22.6 Å². The van der Waals surface area contributed by atoms with Crippen LogP contribution in [0, 0.1) is 13.8 Å². The van der Waals surface area contributed by atoms with Crippen molar-refractivity contribution in [2.45, 2.75) is 13.8 Å². The van der Waals surface area contributed by atoms with Crippen LogP contribution in [0.1, 0.15) is 11.1 Å². The van der Waals surface area contributed by atoms with E-state index in [4.69, 9.17) is 27.6 Å². The summed E-state index contributed by atoms with van der Waals surface area (Å²) in [5.74, 6) is 1.77. The largest absolute Gasteiger partial charge is 0.456 e. The molecule has 0 saturated carbocycles. The van der Waals surface area contributed by atoms with Crippen molar-refractivity contribution in [2.75, 3.05) is 0 Å². The van der Waals surface area contributed by atoms with E-state index in [9.17, 15) is 0 Å². The smallest absolute Gasteiger partial charge is 0.137 e. The quantitative estimate of drug-likeness (QED) is 0.523. The SMILES string of the molecule is Cc1c(-c2ccc(Cl)cc2)oc(-c2ccc(Cl)cc2)c1C. The molecule has 0 radical (unpaired) electrons.